The van der Waals surface area contributed by atoms with Crippen molar-refractivity contribution in [3.8, 4) is 0 Å². The van der Waals surface area contributed by atoms with Gasteiger partial charge < -0.3 is 13.3 Å². The number of hydrogen-bond donors (Lipinski definition) is 0. The molecule has 0 aliphatic rings. The molecule has 0 saturated carbocycles. The van der Waals surface area contributed by atoms with Crippen LogP contribution in [0.2, 0.25) is 6.04 Å². The molecule has 0 bridgehead atoms. The van der Waals surface area contributed by atoms with Gasteiger partial charge in [-0.25, -0.2) is 0 Å². The van der Waals surface area contributed by atoms with Gasteiger partial charge in [0, 0.05) is 25.9 Å². The lowest BCUT2D eigenvalue weighted by Crippen LogP contribution is -2.46. The topological polar surface area (TPSA) is 27.7 Å². The van der Waals surface area contributed by atoms with Crippen LogP contribution in [0.1, 0.15) is 78.6 Å². The average Bonchev–Trinajstić information content (AvgIpc) is 2.53. The third kappa shape index (κ3) is 11.4. The Balaban J connectivity index is 4.43. The van der Waals surface area contributed by atoms with Gasteiger partial charge in [-0.05, 0) is 19.3 Å². The van der Waals surface area contributed by atoms with Crippen molar-refractivity contribution in [2.24, 2.45) is 0 Å². The number of allylic oxidation sites excluding steroid dienone is 1. The van der Waals surface area contributed by atoms with Gasteiger partial charge in [-0.3, -0.25) is 0 Å². The van der Waals surface area contributed by atoms with Crippen LogP contribution in [0.3, 0.4) is 0 Å². The Labute approximate surface area is 139 Å². The molecule has 3 nitrogen and oxygen atoms in total. The third-order valence-electron chi connectivity index (χ3n) is 3.60. The van der Waals surface area contributed by atoms with E-state index in [0.29, 0.717) is 0 Å². The molecule has 132 valence electrons. The number of rotatable bonds is 17. The molecule has 0 aromatic carbocycles. The van der Waals surface area contributed by atoms with Crippen LogP contribution in [-0.2, 0) is 13.3 Å². The lowest BCUT2D eigenvalue weighted by molar-refractivity contribution is 0.0582. The lowest BCUT2D eigenvalue weighted by Gasteiger charge is -2.29. The molecular formula is C18H38O3Si. The van der Waals surface area contributed by atoms with Gasteiger partial charge >= 0.3 is 8.80 Å². The summed E-state index contributed by atoms with van der Waals surface area (Å²) < 4.78 is 18.5. The van der Waals surface area contributed by atoms with Crippen LogP contribution in [0, 0.1) is 0 Å². The van der Waals surface area contributed by atoms with Crippen molar-refractivity contribution in [1.29, 1.82) is 0 Å². The van der Waals surface area contributed by atoms with Crippen LogP contribution in [0.25, 0.3) is 0 Å². The summed E-state index contributed by atoms with van der Waals surface area (Å²) in [6.07, 6.45) is 12.3. The van der Waals surface area contributed by atoms with Gasteiger partial charge in [-0.2, -0.15) is 0 Å². The highest BCUT2D eigenvalue weighted by molar-refractivity contribution is 6.61. The van der Waals surface area contributed by atoms with E-state index in [1.54, 1.807) is 0 Å². The zero-order valence-electron chi connectivity index (χ0n) is 15.2. The van der Waals surface area contributed by atoms with Crippen molar-refractivity contribution in [3.63, 3.8) is 0 Å². The van der Waals surface area contributed by atoms with Crippen molar-refractivity contribution < 1.29 is 13.3 Å². The molecule has 0 aliphatic heterocycles. The van der Waals surface area contributed by atoms with Crippen LogP contribution >= 0.6 is 0 Å². The maximum absolute atomic E-state index is 6.16. The first-order valence-corrected chi connectivity index (χ1v) is 11.2. The first kappa shape index (κ1) is 21.8. The van der Waals surface area contributed by atoms with Crippen LogP contribution in [0.15, 0.2) is 12.7 Å². The van der Waals surface area contributed by atoms with Crippen LogP contribution in [0.4, 0.5) is 0 Å². The molecule has 22 heavy (non-hydrogen) atoms. The van der Waals surface area contributed by atoms with E-state index in [4.69, 9.17) is 13.3 Å². The van der Waals surface area contributed by atoms with Crippen LogP contribution in [0.5, 0.6) is 0 Å². The third-order valence-corrected chi connectivity index (χ3v) is 6.32. The highest BCUT2D eigenvalue weighted by Crippen LogP contribution is 2.19. The zero-order valence-corrected chi connectivity index (χ0v) is 16.2. The Morgan fingerprint density at radius 2 is 1.05 bits per heavy atom. The fourth-order valence-corrected chi connectivity index (χ4v) is 4.54. The van der Waals surface area contributed by atoms with Crippen LogP contribution in [-0.4, -0.2) is 28.6 Å². The molecule has 0 atom stereocenters. The van der Waals surface area contributed by atoms with E-state index >= 15 is 0 Å². The van der Waals surface area contributed by atoms with Gasteiger partial charge in [0.15, 0.2) is 0 Å². The first-order chi connectivity index (χ1) is 10.7. The molecule has 0 rings (SSSR count). The molecule has 0 aliphatic carbocycles. The van der Waals surface area contributed by atoms with Gasteiger partial charge in [0.2, 0.25) is 0 Å². The van der Waals surface area contributed by atoms with E-state index in [0.717, 1.165) is 45.1 Å². The molecule has 0 spiro atoms. The molecule has 0 aromatic heterocycles. The quantitative estimate of drug-likeness (QED) is 0.193. The smallest absolute Gasteiger partial charge is 0.373 e. The summed E-state index contributed by atoms with van der Waals surface area (Å²) in [5.41, 5.74) is 0. The summed E-state index contributed by atoms with van der Waals surface area (Å²) in [6.45, 7) is 12.7. The minimum Gasteiger partial charge on any atom is -0.373 e. The monoisotopic (exact) mass is 330 g/mol. The molecule has 0 fully saturated rings. The van der Waals surface area contributed by atoms with Gasteiger partial charge in [0.05, 0.1) is 0 Å². The first-order valence-electron chi connectivity index (χ1n) is 9.27. The van der Waals surface area contributed by atoms with Crippen molar-refractivity contribution >= 4 is 8.80 Å². The maximum atomic E-state index is 6.16. The van der Waals surface area contributed by atoms with Crippen molar-refractivity contribution in [1.82, 2.24) is 0 Å². The highest BCUT2D eigenvalue weighted by atomic mass is 28.4. The van der Waals surface area contributed by atoms with Crippen molar-refractivity contribution in [2.45, 2.75) is 84.6 Å². The second kappa shape index (κ2) is 15.7. The summed E-state index contributed by atoms with van der Waals surface area (Å²) >= 11 is 0. The van der Waals surface area contributed by atoms with E-state index in [-0.39, 0.29) is 0 Å². The van der Waals surface area contributed by atoms with E-state index in [1.165, 1.54) is 38.5 Å². The van der Waals surface area contributed by atoms with Gasteiger partial charge in [0.25, 0.3) is 0 Å². The predicted octanol–water partition coefficient (Wildman–Crippen LogP) is 5.73. The molecule has 0 amide bonds. The molecule has 0 radical (unpaired) electrons. The van der Waals surface area contributed by atoms with E-state index < -0.39 is 8.80 Å². The van der Waals surface area contributed by atoms with E-state index in [1.807, 2.05) is 6.08 Å². The molecule has 0 heterocycles. The van der Waals surface area contributed by atoms with Crippen LogP contribution < -0.4 is 0 Å². The minimum atomic E-state index is -2.56. The van der Waals surface area contributed by atoms with E-state index in [9.17, 15) is 0 Å². The molecule has 0 aromatic rings. The second-order valence-corrected chi connectivity index (χ2v) is 8.48. The summed E-state index contributed by atoms with van der Waals surface area (Å²) in [6, 6.07) is 0.720. The second-order valence-electron chi connectivity index (χ2n) is 5.84. The Morgan fingerprint density at radius 1 is 0.682 bits per heavy atom. The van der Waals surface area contributed by atoms with Crippen molar-refractivity contribution in [2.75, 3.05) is 19.8 Å². The summed E-state index contributed by atoms with van der Waals surface area (Å²) in [4.78, 5) is 0. The Kier molecular flexibility index (Phi) is 15.6. The van der Waals surface area contributed by atoms with E-state index in [2.05, 4.69) is 27.4 Å². The van der Waals surface area contributed by atoms with Gasteiger partial charge in [-0.15, -0.1) is 6.58 Å². The Bertz CT molecular complexity index is 215. The summed E-state index contributed by atoms with van der Waals surface area (Å²) in [5.74, 6) is 0. The Hall–Kier alpha value is -0.163. The predicted molar refractivity (Wildman–Crippen MR) is 97.2 cm³/mol. The van der Waals surface area contributed by atoms with Crippen molar-refractivity contribution in [3.05, 3.63) is 12.7 Å². The molecule has 0 unspecified atom stereocenters. The average molecular weight is 331 g/mol. The Morgan fingerprint density at radius 3 is 1.32 bits per heavy atom. The molecule has 0 saturated heterocycles. The molecular weight excluding hydrogens is 292 g/mol. The number of hydrogen-bond acceptors (Lipinski definition) is 3. The zero-order chi connectivity index (χ0) is 16.5. The SMILES string of the molecule is C=CC[Si](OCCCCC)(OCCCCC)OCCCCC. The molecule has 4 heteroatoms. The fourth-order valence-electron chi connectivity index (χ4n) is 2.22. The minimum absolute atomic E-state index is 0.720. The van der Waals surface area contributed by atoms with Gasteiger partial charge in [-0.1, -0.05) is 65.4 Å². The maximum Gasteiger partial charge on any atom is 0.504 e. The fraction of sp³-hybridized carbons (Fsp3) is 0.889. The summed E-state index contributed by atoms with van der Waals surface area (Å²) in [7, 11) is -2.56. The van der Waals surface area contributed by atoms with Gasteiger partial charge in [0.1, 0.15) is 0 Å². The highest BCUT2D eigenvalue weighted by Gasteiger charge is 2.39. The largest absolute Gasteiger partial charge is 0.504 e. The molecule has 0 N–H and O–H groups in total. The summed E-state index contributed by atoms with van der Waals surface area (Å²) in [5, 5.41) is 0. The standard InChI is InChI=1S/C18H38O3Si/c1-5-9-12-15-19-22(18-8-4,20-16-13-10-6-2)21-17-14-11-7-3/h8H,4-7,9-18H2,1-3H3. The normalized spacial score (nSPS) is 11.8. The number of unbranched alkanes of at least 4 members (excludes halogenated alkanes) is 6. The lowest BCUT2D eigenvalue weighted by atomic mass is 10.3.